The zero-order valence-corrected chi connectivity index (χ0v) is 10.7. The first-order chi connectivity index (χ1) is 8.22. The van der Waals surface area contributed by atoms with E-state index < -0.39 is 0 Å². The van der Waals surface area contributed by atoms with Crippen LogP contribution in [0.2, 0.25) is 0 Å². The molecule has 1 rings (SSSR count). The molecule has 0 aromatic rings. The average Bonchev–Trinajstić information content (AvgIpc) is 2.77. The first-order valence-corrected chi connectivity index (χ1v) is 6.20. The van der Waals surface area contributed by atoms with Gasteiger partial charge < -0.3 is 19.5 Å². The van der Waals surface area contributed by atoms with E-state index in [-0.39, 0.29) is 18.1 Å². The lowest BCUT2D eigenvalue weighted by atomic mass is 10.2. The third kappa shape index (κ3) is 6.61. The highest BCUT2D eigenvalue weighted by Gasteiger charge is 2.15. The summed E-state index contributed by atoms with van der Waals surface area (Å²) in [5.74, 6) is 0.00175. The van der Waals surface area contributed by atoms with Gasteiger partial charge in [0.2, 0.25) is 5.91 Å². The van der Waals surface area contributed by atoms with Crippen molar-refractivity contribution in [2.24, 2.45) is 0 Å². The second-order valence-corrected chi connectivity index (χ2v) is 4.38. The molecule has 0 aromatic heterocycles. The number of nitrogens with one attached hydrogen (secondary N) is 1. The number of hydrogen-bond acceptors (Lipinski definition) is 4. The van der Waals surface area contributed by atoms with Gasteiger partial charge in [0.15, 0.2) is 0 Å². The van der Waals surface area contributed by atoms with Gasteiger partial charge in [-0.25, -0.2) is 0 Å². The molecule has 1 heterocycles. The maximum atomic E-state index is 11.4. The number of rotatable bonds is 8. The van der Waals surface area contributed by atoms with E-state index in [1.807, 2.05) is 6.92 Å². The largest absolute Gasteiger partial charge is 0.383 e. The maximum Gasteiger partial charge on any atom is 0.222 e. The van der Waals surface area contributed by atoms with Crippen LogP contribution in [0, 0.1) is 0 Å². The normalized spacial score (nSPS) is 21.4. The number of hydrogen-bond donors (Lipinski definition) is 1. The topological polar surface area (TPSA) is 56.8 Å². The highest BCUT2D eigenvalue weighted by atomic mass is 16.5. The highest BCUT2D eigenvalue weighted by molar-refractivity contribution is 5.76. The van der Waals surface area contributed by atoms with Crippen LogP contribution in [0.15, 0.2) is 0 Å². The summed E-state index contributed by atoms with van der Waals surface area (Å²) in [4.78, 5) is 11.4. The lowest BCUT2D eigenvalue weighted by Crippen LogP contribution is -2.36. The van der Waals surface area contributed by atoms with Gasteiger partial charge in [-0.15, -0.1) is 0 Å². The SMILES string of the molecule is COCC(C)NC(=O)CCOCC1CCCO1. The van der Waals surface area contributed by atoms with Crippen LogP contribution in [0.5, 0.6) is 0 Å². The van der Waals surface area contributed by atoms with Crippen LogP contribution in [-0.4, -0.2) is 51.6 Å². The highest BCUT2D eigenvalue weighted by Crippen LogP contribution is 2.11. The third-order valence-corrected chi connectivity index (χ3v) is 2.63. The predicted molar refractivity (Wildman–Crippen MR) is 63.9 cm³/mol. The summed E-state index contributed by atoms with van der Waals surface area (Å²) >= 11 is 0. The Hall–Kier alpha value is -0.650. The van der Waals surface area contributed by atoms with Crippen molar-refractivity contribution in [1.29, 1.82) is 0 Å². The van der Waals surface area contributed by atoms with E-state index in [1.54, 1.807) is 7.11 Å². The molecule has 0 aliphatic carbocycles. The molecule has 0 radical (unpaired) electrons. The van der Waals surface area contributed by atoms with Gasteiger partial charge >= 0.3 is 0 Å². The van der Waals surface area contributed by atoms with E-state index in [0.29, 0.717) is 26.2 Å². The Morgan fingerprint density at radius 3 is 3.06 bits per heavy atom. The van der Waals surface area contributed by atoms with Crippen LogP contribution < -0.4 is 5.32 Å². The fraction of sp³-hybridized carbons (Fsp3) is 0.917. The van der Waals surface area contributed by atoms with Gasteiger partial charge in [0.1, 0.15) is 0 Å². The molecule has 1 saturated heterocycles. The van der Waals surface area contributed by atoms with E-state index in [0.717, 1.165) is 19.4 Å². The lowest BCUT2D eigenvalue weighted by Gasteiger charge is -2.13. The van der Waals surface area contributed by atoms with E-state index in [1.165, 1.54) is 0 Å². The van der Waals surface area contributed by atoms with Gasteiger partial charge in [-0.1, -0.05) is 0 Å². The predicted octanol–water partition coefficient (Wildman–Crippen LogP) is 0.723. The molecule has 0 aromatic carbocycles. The molecular formula is C12H23NO4. The second kappa shape index (κ2) is 8.44. The number of carbonyl (C=O) groups is 1. The minimum atomic E-state index is 0.00175. The minimum Gasteiger partial charge on any atom is -0.383 e. The van der Waals surface area contributed by atoms with Crippen molar-refractivity contribution >= 4 is 5.91 Å². The van der Waals surface area contributed by atoms with Crippen LogP contribution in [0.4, 0.5) is 0 Å². The number of ether oxygens (including phenoxy) is 3. The summed E-state index contributed by atoms with van der Waals surface area (Å²) in [5, 5.41) is 2.83. The molecule has 2 atom stereocenters. The molecule has 0 spiro atoms. The summed E-state index contributed by atoms with van der Waals surface area (Å²) in [5.41, 5.74) is 0. The van der Waals surface area contributed by atoms with Gasteiger partial charge in [-0.3, -0.25) is 4.79 Å². The maximum absolute atomic E-state index is 11.4. The molecule has 5 nitrogen and oxygen atoms in total. The molecule has 17 heavy (non-hydrogen) atoms. The van der Waals surface area contributed by atoms with Crippen molar-refractivity contribution in [2.75, 3.05) is 33.5 Å². The fourth-order valence-corrected chi connectivity index (χ4v) is 1.79. The standard InChI is InChI=1S/C12H23NO4/c1-10(8-15-2)13-12(14)5-7-16-9-11-4-3-6-17-11/h10-11H,3-9H2,1-2H3,(H,13,14). The average molecular weight is 245 g/mol. The zero-order valence-electron chi connectivity index (χ0n) is 10.7. The Morgan fingerprint density at radius 1 is 1.59 bits per heavy atom. The molecule has 0 saturated carbocycles. The Morgan fingerprint density at radius 2 is 2.41 bits per heavy atom. The van der Waals surface area contributed by atoms with Crippen LogP contribution in [0.25, 0.3) is 0 Å². The van der Waals surface area contributed by atoms with Crippen molar-refractivity contribution in [2.45, 2.75) is 38.3 Å². The summed E-state index contributed by atoms with van der Waals surface area (Å²) < 4.78 is 15.8. The molecule has 2 unspecified atom stereocenters. The van der Waals surface area contributed by atoms with E-state index in [2.05, 4.69) is 5.32 Å². The number of methoxy groups -OCH3 is 1. The quantitative estimate of drug-likeness (QED) is 0.640. The van der Waals surface area contributed by atoms with E-state index in [9.17, 15) is 4.79 Å². The summed E-state index contributed by atoms with van der Waals surface area (Å²) in [7, 11) is 1.62. The third-order valence-electron chi connectivity index (χ3n) is 2.63. The number of amides is 1. The van der Waals surface area contributed by atoms with Crippen LogP contribution in [0.1, 0.15) is 26.2 Å². The van der Waals surface area contributed by atoms with Crippen molar-refractivity contribution in [3.63, 3.8) is 0 Å². The summed E-state index contributed by atoms with van der Waals surface area (Å²) in [6.45, 7) is 4.33. The Bertz CT molecular complexity index is 217. The Balaban J connectivity index is 1.95. The van der Waals surface area contributed by atoms with Crippen molar-refractivity contribution in [3.8, 4) is 0 Å². The molecule has 5 heteroatoms. The van der Waals surface area contributed by atoms with Crippen molar-refractivity contribution < 1.29 is 19.0 Å². The minimum absolute atomic E-state index is 0.00175. The number of carbonyl (C=O) groups excluding carboxylic acids is 1. The summed E-state index contributed by atoms with van der Waals surface area (Å²) in [6, 6.07) is 0.0469. The summed E-state index contributed by atoms with van der Waals surface area (Å²) in [6.07, 6.45) is 2.80. The molecule has 1 amide bonds. The fourth-order valence-electron chi connectivity index (χ4n) is 1.79. The van der Waals surface area contributed by atoms with Gasteiger partial charge in [-0.05, 0) is 19.8 Å². The van der Waals surface area contributed by atoms with Gasteiger partial charge in [0.05, 0.1) is 25.9 Å². The van der Waals surface area contributed by atoms with Crippen molar-refractivity contribution in [3.05, 3.63) is 0 Å². The smallest absolute Gasteiger partial charge is 0.222 e. The first-order valence-electron chi connectivity index (χ1n) is 6.20. The Labute approximate surface area is 103 Å². The lowest BCUT2D eigenvalue weighted by molar-refractivity contribution is -0.123. The Kier molecular flexibility index (Phi) is 7.16. The zero-order chi connectivity index (χ0) is 12.5. The molecule has 1 fully saturated rings. The van der Waals surface area contributed by atoms with Gasteiger partial charge in [0, 0.05) is 26.2 Å². The van der Waals surface area contributed by atoms with E-state index in [4.69, 9.17) is 14.2 Å². The van der Waals surface area contributed by atoms with Gasteiger partial charge in [0.25, 0.3) is 0 Å². The first kappa shape index (κ1) is 14.4. The monoisotopic (exact) mass is 245 g/mol. The molecule has 1 aliphatic rings. The molecule has 0 bridgehead atoms. The van der Waals surface area contributed by atoms with E-state index >= 15 is 0 Å². The van der Waals surface area contributed by atoms with Gasteiger partial charge in [-0.2, -0.15) is 0 Å². The molecule has 100 valence electrons. The van der Waals surface area contributed by atoms with Crippen LogP contribution in [-0.2, 0) is 19.0 Å². The molecule has 1 N–H and O–H groups in total. The molecule has 1 aliphatic heterocycles. The molecular weight excluding hydrogens is 222 g/mol. The second-order valence-electron chi connectivity index (χ2n) is 4.38. The van der Waals surface area contributed by atoms with Crippen LogP contribution in [0.3, 0.4) is 0 Å². The van der Waals surface area contributed by atoms with Crippen LogP contribution >= 0.6 is 0 Å². The van der Waals surface area contributed by atoms with Crippen molar-refractivity contribution in [1.82, 2.24) is 5.32 Å².